The summed E-state index contributed by atoms with van der Waals surface area (Å²) in [5.41, 5.74) is 0.0621. The standard InChI is InChI=1S/C13H9Br2F2NO3S/c1-21-12-6-7(16)2-3-11(12)18-22(19,20)13-9(14)4-8(17)5-10(13)15/h2-6,18H,1H3. The fourth-order valence-electron chi connectivity index (χ4n) is 1.73. The number of ether oxygens (including phenoxy) is 1. The molecule has 2 aromatic carbocycles. The number of methoxy groups -OCH3 is 1. The van der Waals surface area contributed by atoms with Gasteiger partial charge < -0.3 is 4.74 Å². The smallest absolute Gasteiger partial charge is 0.264 e. The molecule has 0 radical (unpaired) electrons. The molecule has 22 heavy (non-hydrogen) atoms. The molecule has 0 aliphatic heterocycles. The van der Waals surface area contributed by atoms with Gasteiger partial charge in [0.25, 0.3) is 10.0 Å². The van der Waals surface area contributed by atoms with Crippen LogP contribution in [0.4, 0.5) is 14.5 Å². The molecule has 0 unspecified atom stereocenters. The Kier molecular flexibility index (Phi) is 5.08. The van der Waals surface area contributed by atoms with Crippen molar-refractivity contribution in [1.82, 2.24) is 0 Å². The molecule has 0 aromatic heterocycles. The van der Waals surface area contributed by atoms with E-state index in [1.807, 2.05) is 0 Å². The van der Waals surface area contributed by atoms with E-state index in [1.165, 1.54) is 13.2 Å². The Morgan fingerprint density at radius 3 is 2.18 bits per heavy atom. The largest absolute Gasteiger partial charge is 0.494 e. The highest BCUT2D eigenvalue weighted by atomic mass is 79.9. The summed E-state index contributed by atoms with van der Waals surface area (Å²) in [7, 11) is -2.76. The lowest BCUT2D eigenvalue weighted by Crippen LogP contribution is -2.15. The van der Waals surface area contributed by atoms with Crippen LogP contribution in [0, 0.1) is 11.6 Å². The van der Waals surface area contributed by atoms with E-state index in [-0.39, 0.29) is 25.3 Å². The summed E-state index contributed by atoms with van der Waals surface area (Å²) in [6.45, 7) is 0. The molecule has 2 rings (SSSR count). The zero-order valence-corrected chi connectivity index (χ0v) is 15.0. The quantitative estimate of drug-likeness (QED) is 0.746. The molecule has 0 saturated heterocycles. The molecule has 2 aromatic rings. The van der Waals surface area contributed by atoms with Crippen molar-refractivity contribution in [2.75, 3.05) is 11.8 Å². The van der Waals surface area contributed by atoms with Crippen molar-refractivity contribution < 1.29 is 21.9 Å². The molecule has 0 heterocycles. The highest BCUT2D eigenvalue weighted by molar-refractivity contribution is 9.11. The van der Waals surface area contributed by atoms with E-state index in [9.17, 15) is 17.2 Å². The van der Waals surface area contributed by atoms with Gasteiger partial charge in [-0.3, -0.25) is 4.72 Å². The van der Waals surface area contributed by atoms with Crippen molar-refractivity contribution in [1.29, 1.82) is 0 Å². The van der Waals surface area contributed by atoms with Crippen LogP contribution in [0.3, 0.4) is 0 Å². The Hall–Kier alpha value is -1.19. The molecule has 0 aliphatic carbocycles. The highest BCUT2D eigenvalue weighted by Gasteiger charge is 2.23. The molecular formula is C13H9Br2F2NO3S. The first kappa shape index (κ1) is 17.2. The van der Waals surface area contributed by atoms with Crippen molar-refractivity contribution >= 4 is 47.6 Å². The van der Waals surface area contributed by atoms with Crippen LogP contribution in [0.1, 0.15) is 0 Å². The van der Waals surface area contributed by atoms with Gasteiger partial charge in [0, 0.05) is 15.0 Å². The Balaban J connectivity index is 2.49. The number of rotatable bonds is 4. The van der Waals surface area contributed by atoms with Crippen LogP contribution in [0.2, 0.25) is 0 Å². The Bertz CT molecular complexity index is 805. The first-order valence-electron chi connectivity index (χ1n) is 5.75. The Morgan fingerprint density at radius 2 is 1.64 bits per heavy atom. The number of anilines is 1. The van der Waals surface area contributed by atoms with Crippen molar-refractivity contribution in [3.8, 4) is 5.75 Å². The minimum Gasteiger partial charge on any atom is -0.494 e. The molecule has 0 saturated carbocycles. The topological polar surface area (TPSA) is 55.4 Å². The summed E-state index contributed by atoms with van der Waals surface area (Å²) in [6.07, 6.45) is 0. The van der Waals surface area contributed by atoms with Crippen LogP contribution in [-0.2, 0) is 10.0 Å². The normalized spacial score (nSPS) is 11.3. The summed E-state index contributed by atoms with van der Waals surface area (Å²) >= 11 is 6.03. The van der Waals surface area contributed by atoms with Gasteiger partial charge >= 0.3 is 0 Å². The summed E-state index contributed by atoms with van der Waals surface area (Å²) in [5, 5.41) is 0. The second-order valence-corrected chi connectivity index (χ2v) is 7.48. The second kappa shape index (κ2) is 6.51. The van der Waals surface area contributed by atoms with Gasteiger partial charge in [-0.1, -0.05) is 0 Å². The number of halogens is 4. The molecule has 0 aliphatic rings. The van der Waals surface area contributed by atoms with Crippen molar-refractivity contribution in [2.24, 2.45) is 0 Å². The van der Waals surface area contributed by atoms with Crippen molar-refractivity contribution in [3.63, 3.8) is 0 Å². The van der Waals surface area contributed by atoms with Gasteiger partial charge in [0.15, 0.2) is 0 Å². The lowest BCUT2D eigenvalue weighted by atomic mass is 10.3. The van der Waals surface area contributed by atoms with E-state index in [1.54, 1.807) is 0 Å². The van der Waals surface area contributed by atoms with Gasteiger partial charge in [0.05, 0.1) is 12.8 Å². The molecular weight excluding hydrogens is 448 g/mol. The molecule has 0 fully saturated rings. The van der Waals surface area contributed by atoms with Crippen LogP contribution >= 0.6 is 31.9 Å². The van der Waals surface area contributed by atoms with E-state index in [2.05, 4.69) is 36.6 Å². The SMILES string of the molecule is COc1cc(F)ccc1NS(=O)(=O)c1c(Br)cc(F)cc1Br. The van der Waals surface area contributed by atoms with Gasteiger partial charge in [-0.25, -0.2) is 17.2 Å². The molecule has 118 valence electrons. The van der Waals surface area contributed by atoms with Crippen LogP contribution in [-0.4, -0.2) is 15.5 Å². The van der Waals surface area contributed by atoms with E-state index in [4.69, 9.17) is 4.74 Å². The lowest BCUT2D eigenvalue weighted by Gasteiger charge is -2.14. The molecule has 9 heteroatoms. The van der Waals surface area contributed by atoms with Gasteiger partial charge in [0.2, 0.25) is 0 Å². The van der Waals surface area contributed by atoms with Crippen LogP contribution < -0.4 is 9.46 Å². The number of sulfonamides is 1. The highest BCUT2D eigenvalue weighted by Crippen LogP contribution is 2.34. The predicted octanol–water partition coefficient (Wildman–Crippen LogP) is 4.30. The van der Waals surface area contributed by atoms with E-state index >= 15 is 0 Å². The number of benzene rings is 2. The van der Waals surface area contributed by atoms with Gasteiger partial charge in [-0.05, 0) is 56.1 Å². The van der Waals surface area contributed by atoms with Gasteiger partial charge in [-0.2, -0.15) is 0 Å². The monoisotopic (exact) mass is 455 g/mol. The molecule has 0 atom stereocenters. The molecule has 0 amide bonds. The maximum Gasteiger partial charge on any atom is 0.264 e. The Labute approximate surface area is 142 Å². The summed E-state index contributed by atoms with van der Waals surface area (Å²) in [6, 6.07) is 5.43. The van der Waals surface area contributed by atoms with Crippen molar-refractivity contribution in [2.45, 2.75) is 4.90 Å². The summed E-state index contributed by atoms with van der Waals surface area (Å²) in [4.78, 5) is -0.180. The summed E-state index contributed by atoms with van der Waals surface area (Å²) < 4.78 is 58.6. The second-order valence-electron chi connectivity index (χ2n) is 4.15. The first-order valence-corrected chi connectivity index (χ1v) is 8.82. The third-order valence-corrected chi connectivity index (χ3v) is 5.88. The van der Waals surface area contributed by atoms with Crippen LogP contribution in [0.15, 0.2) is 44.2 Å². The maximum absolute atomic E-state index is 13.2. The molecule has 4 nitrogen and oxygen atoms in total. The summed E-state index contributed by atoms with van der Waals surface area (Å²) in [5.74, 6) is -1.14. The van der Waals surface area contributed by atoms with E-state index in [0.29, 0.717) is 0 Å². The number of hydrogen-bond acceptors (Lipinski definition) is 3. The third-order valence-electron chi connectivity index (χ3n) is 2.64. The Morgan fingerprint density at radius 1 is 1.05 bits per heavy atom. The van der Waals surface area contributed by atoms with E-state index in [0.717, 1.165) is 24.3 Å². The minimum absolute atomic E-state index is 0.0259. The average molecular weight is 457 g/mol. The van der Waals surface area contributed by atoms with Gasteiger partial charge in [-0.15, -0.1) is 0 Å². The fourth-order valence-corrected chi connectivity index (χ4v) is 5.33. The molecule has 1 N–H and O–H groups in total. The zero-order chi connectivity index (χ0) is 16.5. The first-order chi connectivity index (χ1) is 10.2. The van der Waals surface area contributed by atoms with Crippen LogP contribution in [0.5, 0.6) is 5.75 Å². The molecule has 0 spiro atoms. The lowest BCUT2D eigenvalue weighted by molar-refractivity contribution is 0.413. The van der Waals surface area contributed by atoms with Crippen molar-refractivity contribution in [3.05, 3.63) is 50.9 Å². The predicted molar refractivity (Wildman–Crippen MR) is 85.6 cm³/mol. The fraction of sp³-hybridized carbons (Fsp3) is 0.0769. The van der Waals surface area contributed by atoms with Crippen LogP contribution in [0.25, 0.3) is 0 Å². The third kappa shape index (κ3) is 3.58. The van der Waals surface area contributed by atoms with Gasteiger partial charge in [0.1, 0.15) is 22.3 Å². The number of hydrogen-bond donors (Lipinski definition) is 1. The zero-order valence-electron chi connectivity index (χ0n) is 11.0. The minimum atomic E-state index is -4.05. The molecule has 0 bridgehead atoms. The number of nitrogens with one attached hydrogen (secondary N) is 1. The average Bonchev–Trinajstić information content (AvgIpc) is 2.38. The maximum atomic E-state index is 13.2. The van der Waals surface area contributed by atoms with E-state index < -0.39 is 21.7 Å².